The molecule has 1 aromatic heterocycles. The first kappa shape index (κ1) is 29.3. The van der Waals surface area contributed by atoms with Crippen molar-refractivity contribution in [2.75, 3.05) is 32.7 Å². The maximum atomic E-state index is 12.3. The van der Waals surface area contributed by atoms with E-state index in [0.717, 1.165) is 51.5 Å². The lowest BCUT2D eigenvalue weighted by Crippen LogP contribution is -2.41. The van der Waals surface area contributed by atoms with E-state index in [4.69, 9.17) is 4.98 Å². The van der Waals surface area contributed by atoms with Crippen LogP contribution in [0.5, 0.6) is 0 Å². The number of carboxylic acids is 1. The van der Waals surface area contributed by atoms with E-state index in [2.05, 4.69) is 47.9 Å². The Morgan fingerprint density at radius 2 is 1.83 bits per heavy atom. The van der Waals surface area contributed by atoms with Crippen LogP contribution in [0.3, 0.4) is 0 Å². The summed E-state index contributed by atoms with van der Waals surface area (Å²) in [5.41, 5.74) is 4.07. The summed E-state index contributed by atoms with van der Waals surface area (Å²) in [5, 5.41) is 11.5. The van der Waals surface area contributed by atoms with Crippen LogP contribution in [0.25, 0.3) is 0 Å². The molecule has 1 aromatic carbocycles. The third kappa shape index (κ3) is 7.25. The first-order valence-electron chi connectivity index (χ1n) is 16.7. The minimum absolute atomic E-state index is 0.327. The molecule has 4 fully saturated rings. The highest BCUT2D eigenvalue weighted by Gasteiger charge is 2.42. The molecule has 2 aliphatic carbocycles. The van der Waals surface area contributed by atoms with Gasteiger partial charge < -0.3 is 10.0 Å². The summed E-state index contributed by atoms with van der Waals surface area (Å²) < 4.78 is 0. The standard InChI is InChI=1S/C35H51N3O2S/c1-3-31-34(41-33(36-31)20-25-9-5-4-6-10-25)27-14-16-37(17-15-27)21-29-22-38(32(35(39)40)19-26-12-13-26)23-30(29)28-11-7-8-24(2)18-28/h7-8,11,18,25-27,29-30,32H,3-6,9-10,12-17,19-23H2,1-2H3,(H,39,40). The zero-order valence-electron chi connectivity index (χ0n) is 25.4. The van der Waals surface area contributed by atoms with Crippen LogP contribution < -0.4 is 0 Å². The Morgan fingerprint density at radius 3 is 2.51 bits per heavy atom. The van der Waals surface area contributed by atoms with E-state index in [9.17, 15) is 9.90 Å². The Bertz CT molecular complexity index is 1160. The van der Waals surface area contributed by atoms with Crippen molar-refractivity contribution in [1.82, 2.24) is 14.8 Å². The second kappa shape index (κ2) is 13.3. The quantitative estimate of drug-likeness (QED) is 0.304. The summed E-state index contributed by atoms with van der Waals surface area (Å²) in [6.07, 6.45) is 15.0. The van der Waals surface area contributed by atoms with Gasteiger partial charge in [0.15, 0.2) is 0 Å². The SMILES string of the molecule is CCc1nc(CC2CCCCC2)sc1C1CCN(CC2CN(C(CC3CC3)C(=O)O)CC2c2cccc(C)c2)CC1. The molecule has 6 rings (SSSR count). The predicted molar refractivity (Wildman–Crippen MR) is 168 cm³/mol. The highest BCUT2D eigenvalue weighted by molar-refractivity contribution is 7.11. The maximum absolute atomic E-state index is 12.3. The van der Waals surface area contributed by atoms with E-state index in [0.29, 0.717) is 23.7 Å². The van der Waals surface area contributed by atoms with Crippen molar-refractivity contribution >= 4 is 17.3 Å². The molecule has 6 heteroatoms. The van der Waals surface area contributed by atoms with Crippen LogP contribution in [-0.4, -0.2) is 64.6 Å². The Kier molecular flexibility index (Phi) is 9.48. The fourth-order valence-electron chi connectivity index (χ4n) is 8.12. The van der Waals surface area contributed by atoms with Crippen molar-refractivity contribution < 1.29 is 9.90 Å². The molecular weight excluding hydrogens is 526 g/mol. The van der Waals surface area contributed by atoms with Gasteiger partial charge in [-0.3, -0.25) is 9.69 Å². The summed E-state index contributed by atoms with van der Waals surface area (Å²) in [4.78, 5) is 24.1. The first-order valence-corrected chi connectivity index (χ1v) is 17.5. The average Bonchev–Trinajstić information content (AvgIpc) is 3.57. The molecule has 0 radical (unpaired) electrons. The number of likely N-dealkylation sites (tertiary alicyclic amines) is 2. The van der Waals surface area contributed by atoms with Gasteiger partial charge in [-0.15, -0.1) is 11.3 Å². The Balaban J connectivity index is 1.10. The summed E-state index contributed by atoms with van der Waals surface area (Å²) in [6, 6.07) is 8.64. The zero-order valence-corrected chi connectivity index (χ0v) is 26.2. The van der Waals surface area contributed by atoms with Crippen LogP contribution in [0.4, 0.5) is 0 Å². The fourth-order valence-corrected chi connectivity index (χ4v) is 9.56. The van der Waals surface area contributed by atoms with Gasteiger partial charge in [0, 0.05) is 36.9 Å². The molecule has 2 aliphatic heterocycles. The zero-order chi connectivity index (χ0) is 28.3. The van der Waals surface area contributed by atoms with Crippen molar-refractivity contribution in [3.63, 3.8) is 0 Å². The van der Waals surface area contributed by atoms with E-state index in [-0.39, 0.29) is 6.04 Å². The number of carbonyl (C=O) groups is 1. The molecule has 3 unspecified atom stereocenters. The van der Waals surface area contributed by atoms with Gasteiger partial charge in [-0.25, -0.2) is 4.98 Å². The normalized spacial score (nSPS) is 26.0. The third-order valence-corrected chi connectivity index (χ3v) is 11.9. The van der Waals surface area contributed by atoms with Crippen molar-refractivity contribution in [3.8, 4) is 0 Å². The lowest BCUT2D eigenvalue weighted by molar-refractivity contribution is -0.143. The number of benzene rings is 1. The largest absolute Gasteiger partial charge is 0.480 e. The minimum atomic E-state index is -0.625. The third-order valence-electron chi connectivity index (χ3n) is 10.7. The Labute approximate surface area is 251 Å². The summed E-state index contributed by atoms with van der Waals surface area (Å²) in [5.74, 6) is 2.39. The van der Waals surface area contributed by atoms with Gasteiger partial charge in [-0.05, 0) is 74.9 Å². The molecular formula is C35H51N3O2S. The molecule has 41 heavy (non-hydrogen) atoms. The number of aryl methyl sites for hydroxylation is 2. The van der Waals surface area contributed by atoms with Crippen LogP contribution in [0.1, 0.15) is 110 Å². The van der Waals surface area contributed by atoms with Gasteiger partial charge in [-0.1, -0.05) is 81.7 Å². The summed E-state index contributed by atoms with van der Waals surface area (Å²) >= 11 is 2.04. The van der Waals surface area contributed by atoms with Gasteiger partial charge in [0.25, 0.3) is 0 Å². The minimum Gasteiger partial charge on any atom is -0.480 e. The van der Waals surface area contributed by atoms with Crippen LogP contribution in [-0.2, 0) is 17.6 Å². The molecule has 2 saturated carbocycles. The predicted octanol–water partition coefficient (Wildman–Crippen LogP) is 7.29. The molecule has 0 bridgehead atoms. The number of thiazole rings is 1. The van der Waals surface area contributed by atoms with Gasteiger partial charge in [-0.2, -0.15) is 0 Å². The Morgan fingerprint density at radius 1 is 1.05 bits per heavy atom. The number of rotatable bonds is 11. The van der Waals surface area contributed by atoms with Crippen molar-refractivity contribution in [2.24, 2.45) is 17.8 Å². The monoisotopic (exact) mass is 577 g/mol. The maximum Gasteiger partial charge on any atom is 0.320 e. The average molecular weight is 578 g/mol. The fraction of sp³-hybridized carbons (Fsp3) is 0.714. The molecule has 3 heterocycles. The smallest absolute Gasteiger partial charge is 0.320 e. The highest BCUT2D eigenvalue weighted by Crippen LogP contribution is 2.41. The van der Waals surface area contributed by atoms with Gasteiger partial charge in [0.1, 0.15) is 6.04 Å². The van der Waals surface area contributed by atoms with E-state index in [1.54, 1.807) is 4.88 Å². The number of piperidine rings is 1. The first-order chi connectivity index (χ1) is 20.0. The van der Waals surface area contributed by atoms with Gasteiger partial charge in [0.05, 0.1) is 10.7 Å². The van der Waals surface area contributed by atoms with Crippen LogP contribution in [0, 0.1) is 24.7 Å². The molecule has 0 spiro atoms. The van der Waals surface area contributed by atoms with E-state index >= 15 is 0 Å². The van der Waals surface area contributed by atoms with Crippen molar-refractivity contribution in [3.05, 3.63) is 51.0 Å². The summed E-state index contributed by atoms with van der Waals surface area (Å²) in [6.45, 7) is 9.60. The molecule has 3 atom stereocenters. The van der Waals surface area contributed by atoms with Gasteiger partial charge >= 0.3 is 5.97 Å². The van der Waals surface area contributed by atoms with Gasteiger partial charge in [0.2, 0.25) is 0 Å². The van der Waals surface area contributed by atoms with Crippen LogP contribution in [0.15, 0.2) is 24.3 Å². The van der Waals surface area contributed by atoms with Crippen LogP contribution in [0.2, 0.25) is 0 Å². The highest BCUT2D eigenvalue weighted by atomic mass is 32.1. The molecule has 224 valence electrons. The molecule has 1 N–H and O–H groups in total. The molecule has 2 saturated heterocycles. The second-order valence-corrected chi connectivity index (χ2v) is 14.9. The number of carboxylic acid groups (broad SMARTS) is 1. The number of aliphatic carboxylic acids is 1. The number of nitrogens with zero attached hydrogens (tertiary/aromatic N) is 3. The molecule has 4 aliphatic rings. The molecule has 0 amide bonds. The van der Waals surface area contributed by atoms with Crippen molar-refractivity contribution in [2.45, 2.75) is 109 Å². The number of hydrogen-bond donors (Lipinski definition) is 1. The summed E-state index contributed by atoms with van der Waals surface area (Å²) in [7, 11) is 0. The lowest BCUT2D eigenvalue weighted by atomic mass is 9.86. The lowest BCUT2D eigenvalue weighted by Gasteiger charge is -2.34. The number of hydrogen-bond acceptors (Lipinski definition) is 5. The van der Waals surface area contributed by atoms with Crippen LogP contribution >= 0.6 is 11.3 Å². The Hall–Kier alpha value is -1.76. The van der Waals surface area contributed by atoms with E-state index < -0.39 is 5.97 Å². The molecule has 2 aromatic rings. The second-order valence-electron chi connectivity index (χ2n) is 13.8. The molecule has 5 nitrogen and oxygen atoms in total. The number of aromatic nitrogens is 1. The van der Waals surface area contributed by atoms with Crippen molar-refractivity contribution in [1.29, 1.82) is 0 Å². The van der Waals surface area contributed by atoms with E-state index in [1.165, 1.54) is 86.0 Å². The topological polar surface area (TPSA) is 56.7 Å². The van der Waals surface area contributed by atoms with E-state index in [1.807, 2.05) is 11.3 Å².